The summed E-state index contributed by atoms with van der Waals surface area (Å²) < 4.78 is 40.6. The molecule has 0 unspecified atom stereocenters. The molecule has 17 heavy (non-hydrogen) atoms. The van der Waals surface area contributed by atoms with Crippen LogP contribution in [0.4, 0.5) is 4.39 Å². The van der Waals surface area contributed by atoms with Crippen LogP contribution in [0.3, 0.4) is 0 Å². The first kappa shape index (κ1) is 13.7. The summed E-state index contributed by atoms with van der Waals surface area (Å²) in [6.45, 7) is 0.0847. The van der Waals surface area contributed by atoms with Gasteiger partial charge in [0, 0.05) is 6.42 Å². The van der Waals surface area contributed by atoms with E-state index in [0.29, 0.717) is 12.8 Å². The van der Waals surface area contributed by atoms with Crippen LogP contribution in [0.2, 0.25) is 0 Å². The van der Waals surface area contributed by atoms with E-state index in [9.17, 15) is 12.8 Å². The lowest BCUT2D eigenvalue weighted by atomic mass is 10.2. The van der Waals surface area contributed by atoms with E-state index in [1.54, 1.807) is 0 Å². The Morgan fingerprint density at radius 1 is 1.24 bits per heavy atom. The van der Waals surface area contributed by atoms with E-state index in [1.165, 1.54) is 12.1 Å². The number of hydrogen-bond donors (Lipinski definition) is 0. The van der Waals surface area contributed by atoms with Gasteiger partial charge in [-0.3, -0.25) is 4.18 Å². The van der Waals surface area contributed by atoms with Crippen molar-refractivity contribution in [1.29, 1.82) is 0 Å². The summed E-state index contributed by atoms with van der Waals surface area (Å²) in [5.74, 6) is 1.97. The van der Waals surface area contributed by atoms with Crippen molar-refractivity contribution in [2.24, 2.45) is 0 Å². The summed E-state index contributed by atoms with van der Waals surface area (Å²) in [5.41, 5.74) is 0. The molecule has 5 heteroatoms. The van der Waals surface area contributed by atoms with Crippen molar-refractivity contribution in [1.82, 2.24) is 0 Å². The maximum atomic E-state index is 12.6. The van der Waals surface area contributed by atoms with Gasteiger partial charge in [0.1, 0.15) is 5.82 Å². The number of unbranched alkanes of at least 4 members (excludes halogenated alkanes) is 2. The van der Waals surface area contributed by atoms with E-state index < -0.39 is 15.9 Å². The Labute approximate surface area is 101 Å². The van der Waals surface area contributed by atoms with Crippen molar-refractivity contribution < 1.29 is 17.0 Å². The molecule has 0 amide bonds. The van der Waals surface area contributed by atoms with Crippen LogP contribution in [0.25, 0.3) is 0 Å². The predicted octanol–water partition coefficient (Wildman–Crippen LogP) is 2.33. The fraction of sp³-hybridized carbons (Fsp3) is 0.333. The van der Waals surface area contributed by atoms with Crippen LogP contribution in [0.1, 0.15) is 19.3 Å². The van der Waals surface area contributed by atoms with Gasteiger partial charge in [-0.1, -0.05) is 0 Å². The smallest absolute Gasteiger partial charge is 0.266 e. The van der Waals surface area contributed by atoms with Crippen molar-refractivity contribution in [2.45, 2.75) is 24.2 Å². The minimum Gasteiger partial charge on any atom is -0.266 e. The third-order valence-electron chi connectivity index (χ3n) is 2.06. The van der Waals surface area contributed by atoms with E-state index in [-0.39, 0.29) is 11.5 Å². The molecule has 3 nitrogen and oxygen atoms in total. The van der Waals surface area contributed by atoms with Gasteiger partial charge in [0.2, 0.25) is 0 Å². The Balaban J connectivity index is 2.52. The second-order valence-corrected chi connectivity index (χ2v) is 5.01. The maximum absolute atomic E-state index is 12.6. The van der Waals surface area contributed by atoms with Crippen LogP contribution in [-0.2, 0) is 14.3 Å². The molecule has 0 aliphatic rings. The lowest BCUT2D eigenvalue weighted by Crippen LogP contribution is -2.07. The zero-order valence-corrected chi connectivity index (χ0v) is 10.0. The molecule has 0 aromatic heterocycles. The first-order valence-corrected chi connectivity index (χ1v) is 6.55. The SMILES string of the molecule is C#CCCCCOS(=O)(=O)c1ccc(F)cc1. The molecule has 0 radical (unpaired) electrons. The summed E-state index contributed by atoms with van der Waals surface area (Å²) in [6.07, 6.45) is 6.95. The summed E-state index contributed by atoms with van der Waals surface area (Å²) in [6, 6.07) is 4.50. The third kappa shape index (κ3) is 4.55. The van der Waals surface area contributed by atoms with E-state index in [4.69, 9.17) is 10.6 Å². The van der Waals surface area contributed by atoms with Gasteiger partial charge in [-0.25, -0.2) is 4.39 Å². The van der Waals surface area contributed by atoms with Gasteiger partial charge >= 0.3 is 0 Å². The predicted molar refractivity (Wildman–Crippen MR) is 62.2 cm³/mol. The Bertz CT molecular complexity index is 485. The van der Waals surface area contributed by atoms with Crippen LogP contribution >= 0.6 is 0 Å². The van der Waals surface area contributed by atoms with E-state index in [1.807, 2.05) is 0 Å². The molecule has 0 fully saturated rings. The van der Waals surface area contributed by atoms with Gasteiger partial charge < -0.3 is 0 Å². The molecule has 0 atom stereocenters. The van der Waals surface area contributed by atoms with Crippen LogP contribution in [0.5, 0.6) is 0 Å². The van der Waals surface area contributed by atoms with E-state index in [0.717, 1.165) is 18.6 Å². The molecule has 1 aromatic carbocycles. The first-order chi connectivity index (χ1) is 8.06. The lowest BCUT2D eigenvalue weighted by molar-refractivity contribution is 0.309. The second-order valence-electron chi connectivity index (χ2n) is 3.39. The maximum Gasteiger partial charge on any atom is 0.296 e. The van der Waals surface area contributed by atoms with Gasteiger partial charge in [0.15, 0.2) is 0 Å². The quantitative estimate of drug-likeness (QED) is 0.446. The molecule has 0 bridgehead atoms. The molecule has 0 spiro atoms. The topological polar surface area (TPSA) is 43.4 Å². The number of rotatable bonds is 6. The molecule has 0 heterocycles. The molecule has 0 saturated heterocycles. The van der Waals surface area contributed by atoms with Gasteiger partial charge in [-0.15, -0.1) is 12.3 Å². The summed E-state index contributed by atoms with van der Waals surface area (Å²) in [5, 5.41) is 0. The molecule has 92 valence electrons. The first-order valence-electron chi connectivity index (χ1n) is 5.15. The van der Waals surface area contributed by atoms with Crippen molar-refractivity contribution >= 4 is 10.1 Å². The largest absolute Gasteiger partial charge is 0.296 e. The zero-order chi connectivity index (χ0) is 12.7. The number of terminal acetylenes is 1. The Kier molecular flexibility index (Phi) is 5.13. The molecule has 1 aromatic rings. The highest BCUT2D eigenvalue weighted by Gasteiger charge is 2.14. The molecular formula is C12H13FO3S. The molecule has 1 rings (SSSR count). The average molecular weight is 256 g/mol. The van der Waals surface area contributed by atoms with Crippen LogP contribution in [0.15, 0.2) is 29.2 Å². The summed E-state index contributed by atoms with van der Waals surface area (Å²) >= 11 is 0. The lowest BCUT2D eigenvalue weighted by Gasteiger charge is -2.04. The van der Waals surface area contributed by atoms with E-state index in [2.05, 4.69) is 5.92 Å². The Hall–Kier alpha value is -1.38. The van der Waals surface area contributed by atoms with Gasteiger partial charge in [0.05, 0.1) is 11.5 Å². The van der Waals surface area contributed by atoms with E-state index >= 15 is 0 Å². The Morgan fingerprint density at radius 2 is 1.88 bits per heavy atom. The number of halogens is 1. The fourth-order valence-corrected chi connectivity index (χ4v) is 2.11. The normalized spacial score (nSPS) is 11.1. The minimum absolute atomic E-state index is 0.0455. The number of hydrogen-bond acceptors (Lipinski definition) is 3. The molecule has 0 aliphatic carbocycles. The molecule has 0 N–H and O–H groups in total. The van der Waals surface area contributed by atoms with Crippen molar-refractivity contribution in [3.8, 4) is 12.3 Å². The highest BCUT2D eigenvalue weighted by molar-refractivity contribution is 7.86. The summed E-state index contributed by atoms with van der Waals surface area (Å²) in [4.78, 5) is -0.0455. The Morgan fingerprint density at radius 3 is 2.47 bits per heavy atom. The highest BCUT2D eigenvalue weighted by atomic mass is 32.2. The van der Waals surface area contributed by atoms with Crippen molar-refractivity contribution in [2.75, 3.05) is 6.61 Å². The van der Waals surface area contributed by atoms with Crippen LogP contribution < -0.4 is 0 Å². The van der Waals surface area contributed by atoms with Gasteiger partial charge in [-0.2, -0.15) is 8.42 Å². The number of benzene rings is 1. The zero-order valence-electron chi connectivity index (χ0n) is 9.23. The standard InChI is InChI=1S/C12H13FO3S/c1-2-3-4-5-10-16-17(14,15)12-8-6-11(13)7-9-12/h1,6-9H,3-5,10H2. The van der Waals surface area contributed by atoms with Crippen LogP contribution in [-0.4, -0.2) is 15.0 Å². The molecule has 0 saturated carbocycles. The van der Waals surface area contributed by atoms with Crippen molar-refractivity contribution in [3.63, 3.8) is 0 Å². The van der Waals surface area contributed by atoms with Crippen LogP contribution in [0, 0.1) is 18.2 Å². The minimum atomic E-state index is -3.78. The highest BCUT2D eigenvalue weighted by Crippen LogP contribution is 2.13. The monoisotopic (exact) mass is 256 g/mol. The molecular weight excluding hydrogens is 243 g/mol. The van der Waals surface area contributed by atoms with Gasteiger partial charge in [-0.05, 0) is 37.1 Å². The molecule has 0 aliphatic heterocycles. The second kappa shape index (κ2) is 6.38. The summed E-state index contributed by atoms with van der Waals surface area (Å²) in [7, 11) is -3.78. The average Bonchev–Trinajstić information content (AvgIpc) is 2.29. The van der Waals surface area contributed by atoms with Gasteiger partial charge in [0.25, 0.3) is 10.1 Å². The van der Waals surface area contributed by atoms with Crippen molar-refractivity contribution in [3.05, 3.63) is 30.1 Å². The fourth-order valence-electron chi connectivity index (χ4n) is 1.17. The third-order valence-corrected chi connectivity index (χ3v) is 3.38.